The van der Waals surface area contributed by atoms with E-state index < -0.39 is 6.10 Å². The first kappa shape index (κ1) is 14.9. The lowest BCUT2D eigenvalue weighted by Crippen LogP contribution is -2.38. The SMILES string of the molecule is CC(Oc1ccccc1)C(=O)NCCC1CCCNC1. The Morgan fingerprint density at radius 3 is 2.95 bits per heavy atom. The van der Waals surface area contributed by atoms with Gasteiger partial charge < -0.3 is 15.4 Å². The molecule has 1 fully saturated rings. The van der Waals surface area contributed by atoms with Crippen molar-refractivity contribution < 1.29 is 9.53 Å². The summed E-state index contributed by atoms with van der Waals surface area (Å²) in [5.74, 6) is 1.37. The first-order valence-corrected chi connectivity index (χ1v) is 7.46. The van der Waals surface area contributed by atoms with E-state index in [9.17, 15) is 4.79 Å². The number of carbonyl (C=O) groups excluding carboxylic acids is 1. The van der Waals surface area contributed by atoms with E-state index in [0.29, 0.717) is 5.92 Å². The minimum absolute atomic E-state index is 0.0439. The Morgan fingerprint density at radius 2 is 2.25 bits per heavy atom. The quantitative estimate of drug-likeness (QED) is 0.835. The normalized spacial score (nSPS) is 20.1. The van der Waals surface area contributed by atoms with Gasteiger partial charge in [0.05, 0.1) is 0 Å². The number of carbonyl (C=O) groups is 1. The molecule has 0 aromatic heterocycles. The molecule has 1 aromatic rings. The monoisotopic (exact) mass is 276 g/mol. The molecule has 4 heteroatoms. The number of nitrogens with one attached hydrogen (secondary N) is 2. The number of para-hydroxylation sites is 1. The van der Waals surface area contributed by atoms with Crippen molar-refractivity contribution in [1.82, 2.24) is 10.6 Å². The first-order valence-electron chi connectivity index (χ1n) is 7.46. The van der Waals surface area contributed by atoms with Gasteiger partial charge in [-0.1, -0.05) is 18.2 Å². The Bertz CT molecular complexity index is 402. The van der Waals surface area contributed by atoms with Gasteiger partial charge in [0, 0.05) is 6.54 Å². The maximum absolute atomic E-state index is 11.9. The lowest BCUT2D eigenvalue weighted by molar-refractivity contribution is -0.127. The second kappa shape index (κ2) is 7.90. The molecule has 1 aliphatic rings. The van der Waals surface area contributed by atoms with Crippen LogP contribution in [-0.4, -0.2) is 31.6 Å². The van der Waals surface area contributed by atoms with E-state index in [1.807, 2.05) is 30.3 Å². The molecule has 1 heterocycles. The maximum Gasteiger partial charge on any atom is 0.260 e. The molecule has 0 spiro atoms. The minimum atomic E-state index is -0.457. The third kappa shape index (κ3) is 4.85. The van der Waals surface area contributed by atoms with E-state index in [2.05, 4.69) is 10.6 Å². The summed E-state index contributed by atoms with van der Waals surface area (Å²) in [5, 5.41) is 6.35. The smallest absolute Gasteiger partial charge is 0.260 e. The molecular formula is C16H24N2O2. The number of ether oxygens (including phenoxy) is 1. The van der Waals surface area contributed by atoms with E-state index >= 15 is 0 Å². The zero-order chi connectivity index (χ0) is 14.2. The van der Waals surface area contributed by atoms with Crippen LogP contribution in [0, 0.1) is 5.92 Å². The van der Waals surface area contributed by atoms with Gasteiger partial charge in [-0.3, -0.25) is 4.79 Å². The van der Waals surface area contributed by atoms with Gasteiger partial charge >= 0.3 is 0 Å². The average molecular weight is 276 g/mol. The molecule has 0 saturated carbocycles. The minimum Gasteiger partial charge on any atom is -0.481 e. The van der Waals surface area contributed by atoms with Crippen LogP contribution in [0.3, 0.4) is 0 Å². The fourth-order valence-corrected chi connectivity index (χ4v) is 2.47. The van der Waals surface area contributed by atoms with Gasteiger partial charge in [-0.25, -0.2) is 0 Å². The highest BCUT2D eigenvalue weighted by Gasteiger charge is 2.16. The molecule has 2 atom stereocenters. The number of hydrogen-bond acceptors (Lipinski definition) is 3. The largest absolute Gasteiger partial charge is 0.481 e. The summed E-state index contributed by atoms with van der Waals surface area (Å²) in [6.07, 6.45) is 3.09. The molecule has 1 aromatic carbocycles. The van der Waals surface area contributed by atoms with Crippen LogP contribution in [0.2, 0.25) is 0 Å². The second-order valence-corrected chi connectivity index (χ2v) is 5.37. The zero-order valence-electron chi connectivity index (χ0n) is 12.1. The van der Waals surface area contributed by atoms with Crippen LogP contribution in [-0.2, 0) is 4.79 Å². The van der Waals surface area contributed by atoms with Crippen LogP contribution < -0.4 is 15.4 Å². The van der Waals surface area contributed by atoms with Gasteiger partial charge in [0.15, 0.2) is 6.10 Å². The highest BCUT2D eigenvalue weighted by molar-refractivity contribution is 5.80. The Labute approximate surface area is 120 Å². The van der Waals surface area contributed by atoms with Gasteiger partial charge in [0.25, 0.3) is 5.91 Å². The Balaban J connectivity index is 1.66. The summed E-state index contributed by atoms with van der Waals surface area (Å²) in [7, 11) is 0. The van der Waals surface area contributed by atoms with Crippen molar-refractivity contribution >= 4 is 5.91 Å². The lowest BCUT2D eigenvalue weighted by atomic mass is 9.96. The Hall–Kier alpha value is -1.55. The highest BCUT2D eigenvalue weighted by atomic mass is 16.5. The summed E-state index contributed by atoms with van der Waals surface area (Å²) in [5.41, 5.74) is 0. The van der Waals surface area contributed by atoms with Gasteiger partial charge in [0.2, 0.25) is 0 Å². The molecule has 4 nitrogen and oxygen atoms in total. The zero-order valence-corrected chi connectivity index (χ0v) is 12.1. The number of amides is 1. The summed E-state index contributed by atoms with van der Waals surface area (Å²) < 4.78 is 5.59. The fraction of sp³-hybridized carbons (Fsp3) is 0.562. The number of rotatable bonds is 6. The van der Waals surface area contributed by atoms with E-state index in [-0.39, 0.29) is 5.91 Å². The molecule has 110 valence electrons. The third-order valence-electron chi connectivity index (χ3n) is 3.68. The molecule has 1 aliphatic heterocycles. The average Bonchev–Trinajstić information content (AvgIpc) is 2.49. The van der Waals surface area contributed by atoms with Crippen LogP contribution in [0.5, 0.6) is 5.75 Å². The van der Waals surface area contributed by atoms with Crippen molar-refractivity contribution in [1.29, 1.82) is 0 Å². The Morgan fingerprint density at radius 1 is 1.45 bits per heavy atom. The second-order valence-electron chi connectivity index (χ2n) is 5.37. The summed E-state index contributed by atoms with van der Waals surface area (Å²) in [4.78, 5) is 11.9. The number of piperidine rings is 1. The van der Waals surface area contributed by atoms with Crippen molar-refractivity contribution in [2.75, 3.05) is 19.6 Å². The maximum atomic E-state index is 11.9. The molecule has 1 saturated heterocycles. The van der Waals surface area contributed by atoms with Crippen LogP contribution in [0.1, 0.15) is 26.2 Å². The van der Waals surface area contributed by atoms with E-state index in [4.69, 9.17) is 4.74 Å². The fourth-order valence-electron chi connectivity index (χ4n) is 2.47. The predicted octanol–water partition coefficient (Wildman–Crippen LogP) is 1.96. The number of hydrogen-bond donors (Lipinski definition) is 2. The highest BCUT2D eigenvalue weighted by Crippen LogP contribution is 2.13. The standard InChI is InChI=1S/C16H24N2O2/c1-13(20-15-7-3-2-4-8-15)16(19)18-11-9-14-6-5-10-17-12-14/h2-4,7-8,13-14,17H,5-6,9-12H2,1H3,(H,18,19). The molecular weight excluding hydrogens is 252 g/mol. The molecule has 2 unspecified atom stereocenters. The van der Waals surface area contributed by atoms with Crippen LogP contribution >= 0.6 is 0 Å². The van der Waals surface area contributed by atoms with Crippen molar-refractivity contribution in [3.05, 3.63) is 30.3 Å². The molecule has 20 heavy (non-hydrogen) atoms. The van der Waals surface area contributed by atoms with Crippen molar-refractivity contribution in [2.24, 2.45) is 5.92 Å². The molecule has 0 aliphatic carbocycles. The van der Waals surface area contributed by atoms with Gasteiger partial charge in [-0.05, 0) is 57.3 Å². The molecule has 2 N–H and O–H groups in total. The van der Waals surface area contributed by atoms with E-state index in [1.165, 1.54) is 12.8 Å². The van der Waals surface area contributed by atoms with Crippen molar-refractivity contribution in [3.8, 4) is 5.75 Å². The van der Waals surface area contributed by atoms with E-state index in [1.54, 1.807) is 6.92 Å². The van der Waals surface area contributed by atoms with Gasteiger partial charge in [-0.15, -0.1) is 0 Å². The molecule has 0 radical (unpaired) electrons. The summed E-state index contributed by atoms with van der Waals surface area (Å²) in [6.45, 7) is 4.72. The van der Waals surface area contributed by atoms with Crippen LogP contribution in [0.4, 0.5) is 0 Å². The lowest BCUT2D eigenvalue weighted by Gasteiger charge is -2.23. The third-order valence-corrected chi connectivity index (χ3v) is 3.68. The van der Waals surface area contributed by atoms with Crippen LogP contribution in [0.15, 0.2) is 30.3 Å². The molecule has 1 amide bonds. The van der Waals surface area contributed by atoms with E-state index in [0.717, 1.165) is 31.8 Å². The summed E-state index contributed by atoms with van der Waals surface area (Å²) >= 11 is 0. The van der Waals surface area contributed by atoms with Gasteiger partial charge in [-0.2, -0.15) is 0 Å². The number of benzene rings is 1. The predicted molar refractivity (Wildman–Crippen MR) is 79.8 cm³/mol. The molecule has 2 rings (SSSR count). The first-order chi connectivity index (χ1) is 9.75. The summed E-state index contributed by atoms with van der Waals surface area (Å²) in [6, 6.07) is 9.44. The van der Waals surface area contributed by atoms with Crippen molar-refractivity contribution in [3.63, 3.8) is 0 Å². The van der Waals surface area contributed by atoms with Gasteiger partial charge in [0.1, 0.15) is 5.75 Å². The topological polar surface area (TPSA) is 50.4 Å². The van der Waals surface area contributed by atoms with Crippen molar-refractivity contribution in [2.45, 2.75) is 32.3 Å². The van der Waals surface area contributed by atoms with Crippen LogP contribution in [0.25, 0.3) is 0 Å². The molecule has 0 bridgehead atoms. The Kier molecular flexibility index (Phi) is 5.87.